The monoisotopic (exact) mass is 443 g/mol. The number of likely N-dealkylation sites (N-methyl/N-ethyl adjacent to an activating group) is 1. The molecule has 0 radical (unpaired) electrons. The molecule has 3 aromatic carbocycles. The number of rotatable bonds is 7. The Labute approximate surface area is 194 Å². The van der Waals surface area contributed by atoms with Gasteiger partial charge in [-0.05, 0) is 35.4 Å². The second kappa shape index (κ2) is 10.8. The Hall–Kier alpha value is -3.64. The van der Waals surface area contributed by atoms with Gasteiger partial charge in [0.15, 0.2) is 0 Å². The Morgan fingerprint density at radius 2 is 1.42 bits per heavy atom. The number of hydrogen-bond donors (Lipinski definition) is 1. The Morgan fingerprint density at radius 3 is 1.97 bits per heavy atom. The molecule has 6 heteroatoms. The number of morpholine rings is 1. The number of nitrogens with one attached hydrogen (secondary N) is 1. The van der Waals surface area contributed by atoms with Crippen molar-refractivity contribution in [3.8, 4) is 0 Å². The Bertz CT molecular complexity index is 1010. The quantitative estimate of drug-likeness (QED) is 0.604. The Balaban J connectivity index is 1.40. The van der Waals surface area contributed by atoms with Gasteiger partial charge >= 0.3 is 0 Å². The molecule has 6 nitrogen and oxygen atoms in total. The number of nitrogens with zero attached hydrogens (tertiary/aromatic N) is 2. The van der Waals surface area contributed by atoms with E-state index in [1.54, 1.807) is 7.05 Å². The molecule has 1 aliphatic heterocycles. The molecule has 33 heavy (non-hydrogen) atoms. The van der Waals surface area contributed by atoms with Crippen molar-refractivity contribution in [1.29, 1.82) is 0 Å². The molecule has 1 aliphatic rings. The smallest absolute Gasteiger partial charge is 0.243 e. The van der Waals surface area contributed by atoms with E-state index in [1.807, 2.05) is 84.9 Å². The van der Waals surface area contributed by atoms with Gasteiger partial charge in [-0.3, -0.25) is 9.59 Å². The van der Waals surface area contributed by atoms with Crippen molar-refractivity contribution in [2.24, 2.45) is 0 Å². The minimum Gasteiger partial charge on any atom is -0.378 e. The van der Waals surface area contributed by atoms with Gasteiger partial charge in [0.05, 0.1) is 25.7 Å². The van der Waals surface area contributed by atoms with Crippen molar-refractivity contribution in [3.05, 3.63) is 96.1 Å². The van der Waals surface area contributed by atoms with Crippen LogP contribution < -0.4 is 10.2 Å². The lowest BCUT2D eigenvalue weighted by molar-refractivity contribution is -0.133. The molecule has 3 aromatic rings. The fourth-order valence-corrected chi connectivity index (χ4v) is 4.06. The molecule has 4 rings (SSSR count). The SMILES string of the molecule is CN(CC(=O)Nc1ccc(N2CCOCC2)cc1)C(=O)C(c1ccccc1)c1ccccc1. The fourth-order valence-electron chi connectivity index (χ4n) is 4.06. The third-order valence-electron chi connectivity index (χ3n) is 5.80. The zero-order chi connectivity index (χ0) is 23.0. The maximum atomic E-state index is 13.4. The number of carbonyl (C=O) groups excluding carboxylic acids is 2. The summed E-state index contributed by atoms with van der Waals surface area (Å²) in [6.45, 7) is 3.16. The molecule has 0 saturated carbocycles. The summed E-state index contributed by atoms with van der Waals surface area (Å²) >= 11 is 0. The summed E-state index contributed by atoms with van der Waals surface area (Å²) in [5, 5.41) is 2.90. The van der Waals surface area contributed by atoms with E-state index in [-0.39, 0.29) is 18.4 Å². The number of benzene rings is 3. The Morgan fingerprint density at radius 1 is 0.879 bits per heavy atom. The standard InChI is InChI=1S/C27H29N3O3/c1-29(27(32)26(21-8-4-2-5-9-21)22-10-6-3-7-11-22)20-25(31)28-23-12-14-24(15-13-23)30-16-18-33-19-17-30/h2-15,26H,16-20H2,1H3,(H,28,31). The molecule has 2 amide bonds. The highest BCUT2D eigenvalue weighted by atomic mass is 16.5. The number of hydrogen-bond acceptors (Lipinski definition) is 4. The maximum Gasteiger partial charge on any atom is 0.243 e. The van der Waals surface area contributed by atoms with Crippen LogP contribution in [-0.4, -0.2) is 56.6 Å². The summed E-state index contributed by atoms with van der Waals surface area (Å²) in [5.41, 5.74) is 3.62. The van der Waals surface area contributed by atoms with E-state index in [9.17, 15) is 9.59 Å². The molecule has 1 heterocycles. The van der Waals surface area contributed by atoms with E-state index in [0.29, 0.717) is 5.69 Å². The predicted molar refractivity (Wildman–Crippen MR) is 130 cm³/mol. The zero-order valence-corrected chi connectivity index (χ0v) is 18.8. The van der Waals surface area contributed by atoms with Crippen LogP contribution in [-0.2, 0) is 14.3 Å². The van der Waals surface area contributed by atoms with Gasteiger partial charge in [0.25, 0.3) is 0 Å². The first-order valence-corrected chi connectivity index (χ1v) is 11.2. The molecule has 1 saturated heterocycles. The molecular weight excluding hydrogens is 414 g/mol. The van der Waals surface area contributed by atoms with Crippen molar-refractivity contribution in [2.45, 2.75) is 5.92 Å². The first-order valence-electron chi connectivity index (χ1n) is 11.2. The third-order valence-corrected chi connectivity index (χ3v) is 5.80. The van der Waals surface area contributed by atoms with Crippen molar-refractivity contribution < 1.29 is 14.3 Å². The molecule has 170 valence electrons. The van der Waals surface area contributed by atoms with Gasteiger partial charge in [0, 0.05) is 31.5 Å². The van der Waals surface area contributed by atoms with Gasteiger partial charge in [-0.15, -0.1) is 0 Å². The topological polar surface area (TPSA) is 61.9 Å². The Kier molecular flexibility index (Phi) is 7.37. The van der Waals surface area contributed by atoms with E-state index in [2.05, 4.69) is 10.2 Å². The number of amides is 2. The summed E-state index contributed by atoms with van der Waals surface area (Å²) in [6.07, 6.45) is 0. The number of ether oxygens (including phenoxy) is 1. The minimum atomic E-state index is -0.460. The van der Waals surface area contributed by atoms with Gasteiger partial charge in [0.1, 0.15) is 0 Å². The number of anilines is 2. The van der Waals surface area contributed by atoms with Gasteiger partial charge in [-0.25, -0.2) is 0 Å². The van der Waals surface area contributed by atoms with Crippen molar-refractivity contribution in [2.75, 3.05) is 50.1 Å². The van der Waals surface area contributed by atoms with E-state index in [0.717, 1.165) is 43.1 Å². The van der Waals surface area contributed by atoms with Crippen molar-refractivity contribution in [3.63, 3.8) is 0 Å². The lowest BCUT2D eigenvalue weighted by Crippen LogP contribution is -2.38. The molecule has 0 atom stereocenters. The van der Waals surface area contributed by atoms with E-state index in [4.69, 9.17) is 4.74 Å². The highest BCUT2D eigenvalue weighted by Crippen LogP contribution is 2.26. The number of carbonyl (C=O) groups is 2. The summed E-state index contributed by atoms with van der Waals surface area (Å²) in [7, 11) is 1.67. The van der Waals surface area contributed by atoms with Crippen LogP contribution in [0.25, 0.3) is 0 Å². The fraction of sp³-hybridized carbons (Fsp3) is 0.259. The van der Waals surface area contributed by atoms with Crippen molar-refractivity contribution >= 4 is 23.2 Å². The molecular formula is C27H29N3O3. The maximum absolute atomic E-state index is 13.4. The second-order valence-corrected chi connectivity index (χ2v) is 8.14. The molecule has 1 N–H and O–H groups in total. The van der Waals surface area contributed by atoms with Crippen LogP contribution in [0.2, 0.25) is 0 Å². The molecule has 0 unspecified atom stereocenters. The average Bonchev–Trinajstić information content (AvgIpc) is 2.86. The van der Waals surface area contributed by atoms with Crippen LogP contribution in [0.4, 0.5) is 11.4 Å². The predicted octanol–water partition coefficient (Wildman–Crippen LogP) is 3.75. The van der Waals surface area contributed by atoms with Gasteiger partial charge in [0.2, 0.25) is 11.8 Å². The third kappa shape index (κ3) is 5.79. The molecule has 0 aromatic heterocycles. The van der Waals surface area contributed by atoms with Gasteiger partial charge in [-0.1, -0.05) is 60.7 Å². The minimum absolute atomic E-state index is 0.0276. The van der Waals surface area contributed by atoms with Crippen LogP contribution in [0.15, 0.2) is 84.9 Å². The first kappa shape index (κ1) is 22.6. The second-order valence-electron chi connectivity index (χ2n) is 8.14. The normalized spacial score (nSPS) is 13.6. The molecule has 1 fully saturated rings. The highest BCUT2D eigenvalue weighted by Gasteiger charge is 2.26. The summed E-state index contributed by atoms with van der Waals surface area (Å²) < 4.78 is 5.40. The van der Waals surface area contributed by atoms with Crippen LogP contribution in [0.5, 0.6) is 0 Å². The molecule has 0 aliphatic carbocycles. The van der Waals surface area contributed by atoms with Gasteiger partial charge in [-0.2, -0.15) is 0 Å². The lowest BCUT2D eigenvalue weighted by Gasteiger charge is -2.29. The summed E-state index contributed by atoms with van der Waals surface area (Å²) in [4.78, 5) is 29.8. The van der Waals surface area contributed by atoms with E-state index >= 15 is 0 Å². The average molecular weight is 444 g/mol. The highest BCUT2D eigenvalue weighted by molar-refractivity contribution is 5.96. The summed E-state index contributed by atoms with van der Waals surface area (Å²) in [5.74, 6) is -0.812. The van der Waals surface area contributed by atoms with Crippen molar-refractivity contribution in [1.82, 2.24) is 4.90 Å². The zero-order valence-electron chi connectivity index (χ0n) is 18.8. The van der Waals surface area contributed by atoms with Crippen LogP contribution >= 0.6 is 0 Å². The largest absolute Gasteiger partial charge is 0.378 e. The van der Waals surface area contributed by atoms with Crippen LogP contribution in [0, 0.1) is 0 Å². The molecule has 0 spiro atoms. The van der Waals surface area contributed by atoms with Crippen LogP contribution in [0.1, 0.15) is 17.0 Å². The summed E-state index contributed by atoms with van der Waals surface area (Å²) in [6, 6.07) is 27.1. The lowest BCUT2D eigenvalue weighted by atomic mass is 9.90. The van der Waals surface area contributed by atoms with E-state index in [1.165, 1.54) is 4.90 Å². The van der Waals surface area contributed by atoms with Gasteiger partial charge < -0.3 is 19.9 Å². The first-order chi connectivity index (χ1) is 16.1. The molecule has 0 bridgehead atoms. The van der Waals surface area contributed by atoms with Crippen LogP contribution in [0.3, 0.4) is 0 Å². The van der Waals surface area contributed by atoms with E-state index < -0.39 is 5.92 Å².